The van der Waals surface area contributed by atoms with Gasteiger partial charge in [0.1, 0.15) is 11.6 Å². The van der Waals surface area contributed by atoms with Crippen molar-refractivity contribution in [2.75, 3.05) is 13.7 Å². The highest BCUT2D eigenvalue weighted by atomic mass is 16.6. The number of rotatable bonds is 9. The van der Waals surface area contributed by atoms with Gasteiger partial charge in [0.05, 0.1) is 20.3 Å². The average molecular weight is 437 g/mol. The highest BCUT2D eigenvalue weighted by Gasteiger charge is 2.31. The number of esters is 1. The smallest absolute Gasteiger partial charge is 0.408 e. The van der Waals surface area contributed by atoms with Crippen molar-refractivity contribution >= 4 is 18.0 Å². The first-order chi connectivity index (χ1) is 14.3. The quantitative estimate of drug-likeness (QED) is 0.576. The molecule has 0 heterocycles. The molecule has 0 bridgehead atoms. The van der Waals surface area contributed by atoms with Crippen LogP contribution in [0.4, 0.5) is 4.79 Å². The molecule has 0 fully saturated rings. The van der Waals surface area contributed by atoms with Crippen molar-refractivity contribution in [2.24, 2.45) is 5.41 Å². The fourth-order valence-corrected chi connectivity index (χ4v) is 2.72. The predicted molar refractivity (Wildman–Crippen MR) is 117 cm³/mol. The molecular formula is C23H36N2O6. The van der Waals surface area contributed by atoms with E-state index in [1.807, 2.05) is 51.1 Å². The van der Waals surface area contributed by atoms with Gasteiger partial charge in [-0.2, -0.15) is 0 Å². The lowest BCUT2D eigenvalue weighted by Gasteiger charge is -2.28. The van der Waals surface area contributed by atoms with Gasteiger partial charge in [0.15, 0.2) is 6.04 Å². The number of alkyl carbamates (subject to hydrolysis) is 1. The molecule has 0 aliphatic heterocycles. The minimum Gasteiger partial charge on any atom is -0.467 e. The summed E-state index contributed by atoms with van der Waals surface area (Å²) in [5, 5.41) is 5.24. The summed E-state index contributed by atoms with van der Waals surface area (Å²) in [5.41, 5.74) is -0.0245. The Morgan fingerprint density at radius 2 is 1.55 bits per heavy atom. The Balaban J connectivity index is 2.82. The van der Waals surface area contributed by atoms with Crippen LogP contribution in [0.25, 0.3) is 0 Å². The fraction of sp³-hybridized carbons (Fsp3) is 0.609. The van der Waals surface area contributed by atoms with Crippen molar-refractivity contribution in [3.05, 3.63) is 35.9 Å². The lowest BCUT2D eigenvalue weighted by Crippen LogP contribution is -2.54. The van der Waals surface area contributed by atoms with Crippen LogP contribution in [0.5, 0.6) is 0 Å². The van der Waals surface area contributed by atoms with Gasteiger partial charge in [-0.1, -0.05) is 51.1 Å². The third-order valence-corrected chi connectivity index (χ3v) is 4.02. The molecule has 0 spiro atoms. The summed E-state index contributed by atoms with van der Waals surface area (Å²) in [5.74, 6) is -1.15. The third kappa shape index (κ3) is 11.4. The van der Waals surface area contributed by atoms with E-state index in [-0.39, 0.29) is 18.6 Å². The fourth-order valence-electron chi connectivity index (χ4n) is 2.72. The lowest BCUT2D eigenvalue weighted by molar-refractivity contribution is -0.147. The number of amides is 2. The van der Waals surface area contributed by atoms with E-state index in [1.54, 1.807) is 20.8 Å². The van der Waals surface area contributed by atoms with Crippen LogP contribution in [0.3, 0.4) is 0 Å². The van der Waals surface area contributed by atoms with Crippen molar-refractivity contribution in [3.63, 3.8) is 0 Å². The van der Waals surface area contributed by atoms with Crippen molar-refractivity contribution in [1.29, 1.82) is 0 Å². The van der Waals surface area contributed by atoms with E-state index >= 15 is 0 Å². The van der Waals surface area contributed by atoms with Gasteiger partial charge in [-0.25, -0.2) is 9.59 Å². The van der Waals surface area contributed by atoms with Crippen molar-refractivity contribution < 1.29 is 28.6 Å². The molecule has 0 aromatic heterocycles. The van der Waals surface area contributed by atoms with E-state index < -0.39 is 35.7 Å². The standard InChI is InChI=1S/C23H36N2O6/c1-22(2,3)13-17(25-21(28)31-23(4,5)6)19(26)24-18(20(27)29-7)15-30-14-16-11-9-8-10-12-16/h8-12,17-18H,13-15H2,1-7H3,(H,24,26)(H,25,28)/t17-,18+/m1/s1. The van der Waals surface area contributed by atoms with E-state index in [1.165, 1.54) is 7.11 Å². The van der Waals surface area contributed by atoms with Crippen molar-refractivity contribution in [2.45, 2.75) is 72.3 Å². The summed E-state index contributed by atoms with van der Waals surface area (Å²) in [7, 11) is 1.24. The Morgan fingerprint density at radius 1 is 0.935 bits per heavy atom. The van der Waals surface area contributed by atoms with Gasteiger partial charge in [0.2, 0.25) is 5.91 Å². The number of carbonyl (C=O) groups excluding carboxylic acids is 3. The maximum atomic E-state index is 12.9. The summed E-state index contributed by atoms with van der Waals surface area (Å²) in [6.45, 7) is 11.3. The maximum Gasteiger partial charge on any atom is 0.408 e. The normalized spacial score (nSPS) is 13.6. The highest BCUT2D eigenvalue weighted by molar-refractivity contribution is 5.89. The van der Waals surface area contributed by atoms with E-state index in [9.17, 15) is 14.4 Å². The lowest BCUT2D eigenvalue weighted by atomic mass is 9.87. The maximum absolute atomic E-state index is 12.9. The molecule has 0 saturated heterocycles. The Labute approximate surface area is 185 Å². The molecule has 8 heteroatoms. The van der Waals surface area contributed by atoms with E-state index in [4.69, 9.17) is 14.2 Å². The first-order valence-corrected chi connectivity index (χ1v) is 10.3. The summed E-state index contributed by atoms with van der Waals surface area (Å²) in [6.07, 6.45) is -0.358. The summed E-state index contributed by atoms with van der Waals surface area (Å²) in [4.78, 5) is 37.4. The monoisotopic (exact) mass is 436 g/mol. The Hall–Kier alpha value is -2.61. The topological polar surface area (TPSA) is 103 Å². The van der Waals surface area contributed by atoms with Gasteiger partial charge in [-0.15, -0.1) is 0 Å². The van der Waals surface area contributed by atoms with Crippen LogP contribution in [0, 0.1) is 5.41 Å². The number of hydrogen-bond acceptors (Lipinski definition) is 6. The van der Waals surface area contributed by atoms with Crippen LogP contribution in [0.1, 0.15) is 53.5 Å². The number of methoxy groups -OCH3 is 1. The molecule has 31 heavy (non-hydrogen) atoms. The molecule has 2 N–H and O–H groups in total. The molecule has 1 aromatic rings. The first-order valence-electron chi connectivity index (χ1n) is 10.3. The van der Waals surface area contributed by atoms with Gasteiger partial charge in [-0.3, -0.25) is 4.79 Å². The molecule has 0 saturated carbocycles. The van der Waals surface area contributed by atoms with Crippen LogP contribution in [-0.2, 0) is 30.4 Å². The second-order valence-electron chi connectivity index (χ2n) is 9.55. The van der Waals surface area contributed by atoms with Crippen LogP contribution in [0.2, 0.25) is 0 Å². The predicted octanol–water partition coefficient (Wildman–Crippen LogP) is 3.19. The second kappa shape index (κ2) is 11.7. The molecule has 1 aromatic carbocycles. The SMILES string of the molecule is COC(=O)[C@H](COCc1ccccc1)NC(=O)[C@@H](CC(C)(C)C)NC(=O)OC(C)(C)C. The van der Waals surface area contributed by atoms with E-state index in [0.29, 0.717) is 6.42 Å². The first kappa shape index (κ1) is 26.4. The second-order valence-corrected chi connectivity index (χ2v) is 9.55. The van der Waals surface area contributed by atoms with Crippen molar-refractivity contribution in [3.8, 4) is 0 Å². The molecule has 2 amide bonds. The van der Waals surface area contributed by atoms with Crippen LogP contribution < -0.4 is 10.6 Å². The van der Waals surface area contributed by atoms with Gasteiger partial charge in [-0.05, 0) is 38.2 Å². The zero-order valence-corrected chi connectivity index (χ0v) is 19.6. The highest BCUT2D eigenvalue weighted by Crippen LogP contribution is 2.21. The van der Waals surface area contributed by atoms with Gasteiger partial charge in [0.25, 0.3) is 0 Å². The average Bonchev–Trinajstić information content (AvgIpc) is 2.64. The molecule has 174 valence electrons. The van der Waals surface area contributed by atoms with Gasteiger partial charge < -0.3 is 24.8 Å². The minimum atomic E-state index is -1.01. The van der Waals surface area contributed by atoms with Crippen molar-refractivity contribution in [1.82, 2.24) is 10.6 Å². The number of benzene rings is 1. The zero-order chi connectivity index (χ0) is 23.7. The molecular weight excluding hydrogens is 400 g/mol. The van der Waals surface area contributed by atoms with Crippen LogP contribution >= 0.6 is 0 Å². The zero-order valence-electron chi connectivity index (χ0n) is 19.6. The molecule has 8 nitrogen and oxygen atoms in total. The third-order valence-electron chi connectivity index (χ3n) is 4.02. The summed E-state index contributed by atoms with van der Waals surface area (Å²) < 4.78 is 15.7. The molecule has 0 unspecified atom stereocenters. The molecule has 0 aliphatic rings. The molecule has 0 radical (unpaired) electrons. The van der Waals surface area contributed by atoms with E-state index in [2.05, 4.69) is 10.6 Å². The molecule has 1 rings (SSSR count). The van der Waals surface area contributed by atoms with Gasteiger partial charge >= 0.3 is 12.1 Å². The number of carbonyl (C=O) groups is 3. The van der Waals surface area contributed by atoms with Gasteiger partial charge in [0, 0.05) is 0 Å². The summed E-state index contributed by atoms with van der Waals surface area (Å²) >= 11 is 0. The molecule has 0 aliphatic carbocycles. The summed E-state index contributed by atoms with van der Waals surface area (Å²) in [6, 6.07) is 7.56. The minimum absolute atomic E-state index is 0.0675. The van der Waals surface area contributed by atoms with Crippen LogP contribution in [-0.4, -0.2) is 49.4 Å². The number of hydrogen-bond donors (Lipinski definition) is 2. The number of ether oxygens (including phenoxy) is 3. The largest absolute Gasteiger partial charge is 0.467 e. The number of nitrogens with one attached hydrogen (secondary N) is 2. The van der Waals surface area contributed by atoms with E-state index in [0.717, 1.165) is 5.56 Å². The Morgan fingerprint density at radius 3 is 2.06 bits per heavy atom. The Kier molecular flexibility index (Phi) is 9.97. The van der Waals surface area contributed by atoms with Crippen LogP contribution in [0.15, 0.2) is 30.3 Å². The molecule has 2 atom stereocenters. The Bertz CT molecular complexity index is 722.